The van der Waals surface area contributed by atoms with Gasteiger partial charge in [-0.25, -0.2) is 8.78 Å². The van der Waals surface area contributed by atoms with E-state index in [0.717, 1.165) is 28.5 Å². The highest BCUT2D eigenvalue weighted by molar-refractivity contribution is 5.85. The van der Waals surface area contributed by atoms with Crippen LogP contribution in [-0.4, -0.2) is 67.4 Å². The Balaban J connectivity index is 1.52. The molecule has 1 aromatic heterocycles. The number of benzene rings is 3. The molecule has 2 heterocycles. The average Bonchev–Trinajstić information content (AvgIpc) is 3.23. The Kier molecular flexibility index (Phi) is 6.99. The summed E-state index contributed by atoms with van der Waals surface area (Å²) < 4.78 is 35.5. The molecule has 5 atom stereocenters. The Morgan fingerprint density at radius 1 is 1.03 bits per heavy atom. The first kappa shape index (κ1) is 25.7. The van der Waals surface area contributed by atoms with Gasteiger partial charge in [0.05, 0.1) is 30.9 Å². The van der Waals surface area contributed by atoms with E-state index in [1.54, 1.807) is 4.57 Å². The summed E-state index contributed by atoms with van der Waals surface area (Å²) in [6.45, 7) is -0.981. The van der Waals surface area contributed by atoms with Crippen molar-refractivity contribution in [1.29, 1.82) is 0 Å². The lowest BCUT2D eigenvalue weighted by Gasteiger charge is -2.47. The highest BCUT2D eigenvalue weighted by Gasteiger charge is 2.51. The first-order valence-electron chi connectivity index (χ1n) is 11.9. The standard InChI is InChI=1S/C27H28F2N2O6/c28-21-9-19-20(25(35)30-27(14-33)24(34)8-18(13-32)37-26(27)36)12-31(23(19)10-22(21)29)11-15-5-6-16-3-1-2-4-17(16)7-15/h1-7,9-10,12,18,24-26,30,32-36H,8,11,13-14H2/t18-,24-,25?,26?,27+/m0/s1. The SMILES string of the molecule is OC[C@@H]1C[C@H](O)[C@@](CO)(NC(O)c2cn(Cc3ccc4ccccc4c3)c3cc(F)c(F)cc23)C(O)O1. The molecule has 0 spiro atoms. The molecule has 0 aliphatic carbocycles. The van der Waals surface area contributed by atoms with E-state index < -0.39 is 55.1 Å². The number of rotatable bonds is 7. The molecule has 3 aromatic carbocycles. The summed E-state index contributed by atoms with van der Waals surface area (Å²) in [5.41, 5.74) is -0.535. The molecule has 5 rings (SSSR count). The van der Waals surface area contributed by atoms with E-state index in [2.05, 4.69) is 5.32 Å². The van der Waals surface area contributed by atoms with E-state index in [9.17, 15) is 34.3 Å². The Bertz CT molecular complexity index is 1420. The van der Waals surface area contributed by atoms with E-state index >= 15 is 0 Å². The minimum atomic E-state index is -1.89. The van der Waals surface area contributed by atoms with E-state index in [1.807, 2.05) is 42.5 Å². The number of hydrogen-bond acceptors (Lipinski definition) is 7. The average molecular weight is 515 g/mol. The Morgan fingerprint density at radius 2 is 1.76 bits per heavy atom. The van der Waals surface area contributed by atoms with Gasteiger partial charge in [-0.3, -0.25) is 5.32 Å². The molecule has 4 aromatic rings. The zero-order chi connectivity index (χ0) is 26.3. The number of aliphatic hydroxyl groups is 5. The molecule has 2 unspecified atom stereocenters. The minimum Gasteiger partial charge on any atom is -0.394 e. The second kappa shape index (κ2) is 10.1. The largest absolute Gasteiger partial charge is 0.394 e. The van der Waals surface area contributed by atoms with Crippen LogP contribution in [0.5, 0.6) is 0 Å². The van der Waals surface area contributed by atoms with Crippen LogP contribution in [0.2, 0.25) is 0 Å². The fourth-order valence-electron chi connectivity index (χ4n) is 5.02. The van der Waals surface area contributed by atoms with E-state index in [-0.39, 0.29) is 23.9 Å². The van der Waals surface area contributed by atoms with Gasteiger partial charge in [0.15, 0.2) is 17.9 Å². The minimum absolute atomic E-state index is 0.114. The van der Waals surface area contributed by atoms with Gasteiger partial charge in [0.25, 0.3) is 0 Å². The lowest BCUT2D eigenvalue weighted by molar-refractivity contribution is -0.262. The van der Waals surface area contributed by atoms with Crippen LogP contribution in [0, 0.1) is 11.6 Å². The monoisotopic (exact) mass is 514 g/mol. The van der Waals surface area contributed by atoms with Gasteiger partial charge in [0, 0.05) is 36.2 Å². The van der Waals surface area contributed by atoms with Gasteiger partial charge in [-0.2, -0.15) is 0 Å². The van der Waals surface area contributed by atoms with Gasteiger partial charge in [0.1, 0.15) is 11.8 Å². The van der Waals surface area contributed by atoms with Gasteiger partial charge in [-0.15, -0.1) is 0 Å². The van der Waals surface area contributed by atoms with Crippen LogP contribution in [0.25, 0.3) is 21.7 Å². The molecule has 37 heavy (non-hydrogen) atoms. The van der Waals surface area contributed by atoms with Crippen LogP contribution < -0.4 is 5.32 Å². The van der Waals surface area contributed by atoms with Crippen molar-refractivity contribution in [3.63, 3.8) is 0 Å². The van der Waals surface area contributed by atoms with E-state index in [4.69, 9.17) is 4.74 Å². The van der Waals surface area contributed by atoms with Crippen LogP contribution in [0.1, 0.15) is 23.8 Å². The summed E-state index contributed by atoms with van der Waals surface area (Å²) >= 11 is 0. The van der Waals surface area contributed by atoms with Crippen LogP contribution in [0.15, 0.2) is 60.8 Å². The van der Waals surface area contributed by atoms with Crippen LogP contribution in [-0.2, 0) is 11.3 Å². The zero-order valence-electron chi connectivity index (χ0n) is 19.8. The molecule has 1 aliphatic heterocycles. The maximum Gasteiger partial charge on any atom is 0.178 e. The highest BCUT2D eigenvalue weighted by Crippen LogP contribution is 2.34. The van der Waals surface area contributed by atoms with Gasteiger partial charge < -0.3 is 34.8 Å². The lowest BCUT2D eigenvalue weighted by Crippen LogP contribution is -2.70. The Morgan fingerprint density at radius 3 is 2.46 bits per heavy atom. The number of halogens is 2. The smallest absolute Gasteiger partial charge is 0.178 e. The topological polar surface area (TPSA) is 127 Å². The molecule has 0 bridgehead atoms. The van der Waals surface area contributed by atoms with Gasteiger partial charge in [0.2, 0.25) is 0 Å². The molecule has 1 saturated heterocycles. The quantitative estimate of drug-likeness (QED) is 0.208. The third-order valence-corrected chi connectivity index (χ3v) is 7.13. The van der Waals surface area contributed by atoms with E-state index in [1.165, 1.54) is 6.20 Å². The molecule has 8 nitrogen and oxygen atoms in total. The van der Waals surface area contributed by atoms with Crippen LogP contribution in [0.4, 0.5) is 8.78 Å². The fourth-order valence-corrected chi connectivity index (χ4v) is 5.02. The molecule has 6 N–H and O–H groups in total. The van der Waals surface area contributed by atoms with Crippen molar-refractivity contribution in [2.45, 2.75) is 43.2 Å². The summed E-state index contributed by atoms with van der Waals surface area (Å²) in [5, 5.41) is 56.6. The van der Waals surface area contributed by atoms with E-state index in [0.29, 0.717) is 5.52 Å². The van der Waals surface area contributed by atoms with Crippen molar-refractivity contribution in [2.24, 2.45) is 0 Å². The predicted molar refractivity (Wildman–Crippen MR) is 131 cm³/mol. The molecular formula is C27H28F2N2O6. The van der Waals surface area contributed by atoms with Gasteiger partial charge >= 0.3 is 0 Å². The number of aliphatic hydroxyl groups excluding tert-OH is 5. The molecular weight excluding hydrogens is 486 g/mol. The molecule has 1 fully saturated rings. The number of aromatic nitrogens is 1. The molecule has 0 amide bonds. The number of fused-ring (bicyclic) bond motifs is 2. The predicted octanol–water partition coefficient (Wildman–Crippen LogP) is 1.89. The molecule has 0 radical (unpaired) electrons. The number of hydrogen-bond donors (Lipinski definition) is 6. The molecule has 10 heteroatoms. The summed E-state index contributed by atoms with van der Waals surface area (Å²) in [7, 11) is 0. The first-order chi connectivity index (χ1) is 17.8. The second-order valence-corrected chi connectivity index (χ2v) is 9.47. The number of nitrogens with one attached hydrogen (secondary N) is 1. The summed E-state index contributed by atoms with van der Waals surface area (Å²) in [4.78, 5) is 0. The summed E-state index contributed by atoms with van der Waals surface area (Å²) in [6, 6.07) is 15.7. The number of nitrogens with zero attached hydrogens (tertiary/aromatic N) is 1. The summed E-state index contributed by atoms with van der Waals surface area (Å²) in [6.07, 6.45) is -4.22. The lowest BCUT2D eigenvalue weighted by atomic mass is 9.85. The van der Waals surface area contributed by atoms with Crippen molar-refractivity contribution >= 4 is 21.7 Å². The zero-order valence-corrected chi connectivity index (χ0v) is 19.8. The van der Waals surface area contributed by atoms with Crippen molar-refractivity contribution in [2.75, 3.05) is 13.2 Å². The van der Waals surface area contributed by atoms with Crippen LogP contribution in [0.3, 0.4) is 0 Å². The number of ether oxygens (including phenoxy) is 1. The van der Waals surface area contributed by atoms with Crippen molar-refractivity contribution in [3.8, 4) is 0 Å². The maximum absolute atomic E-state index is 14.3. The maximum atomic E-state index is 14.3. The first-order valence-corrected chi connectivity index (χ1v) is 11.9. The fraction of sp³-hybridized carbons (Fsp3) is 0.333. The van der Waals surface area contributed by atoms with Crippen molar-refractivity contribution in [1.82, 2.24) is 9.88 Å². The third kappa shape index (κ3) is 4.62. The van der Waals surface area contributed by atoms with Crippen molar-refractivity contribution in [3.05, 3.63) is 83.6 Å². The summed E-state index contributed by atoms with van der Waals surface area (Å²) in [5.74, 6) is -2.15. The van der Waals surface area contributed by atoms with Gasteiger partial charge in [-0.05, 0) is 28.5 Å². The third-order valence-electron chi connectivity index (χ3n) is 7.13. The molecule has 0 saturated carbocycles. The van der Waals surface area contributed by atoms with Crippen LogP contribution >= 0.6 is 0 Å². The second-order valence-electron chi connectivity index (χ2n) is 9.47. The normalized spacial score (nSPS) is 25.1. The van der Waals surface area contributed by atoms with Crippen molar-refractivity contribution < 1.29 is 39.1 Å². The highest BCUT2D eigenvalue weighted by atomic mass is 19.2. The Hall–Kier alpha value is -2.96. The Labute approximate surface area is 211 Å². The molecule has 196 valence electrons. The van der Waals surface area contributed by atoms with Gasteiger partial charge in [-0.1, -0.05) is 36.4 Å². The molecule has 1 aliphatic rings.